The summed E-state index contributed by atoms with van der Waals surface area (Å²) in [7, 11) is 3.72. The molecule has 14 heavy (non-hydrogen) atoms. The van der Waals surface area contributed by atoms with Gasteiger partial charge in [0.2, 0.25) is 0 Å². The van der Waals surface area contributed by atoms with Crippen LogP contribution in [0.25, 0.3) is 0 Å². The molecule has 0 saturated heterocycles. The highest BCUT2D eigenvalue weighted by molar-refractivity contribution is 9.11. The minimum atomic E-state index is 0.418. The largest absolute Gasteiger partial charge is 0.369 e. The van der Waals surface area contributed by atoms with Gasteiger partial charge in [0.1, 0.15) is 16.6 Å². The summed E-state index contributed by atoms with van der Waals surface area (Å²) in [6.45, 7) is 0. The van der Waals surface area contributed by atoms with Gasteiger partial charge in [-0.2, -0.15) is 5.26 Å². The second-order valence-electron chi connectivity index (χ2n) is 2.69. The number of nitrogens with zero attached hydrogens (tertiary/aromatic N) is 3. The predicted octanol–water partition coefficient (Wildman–Crippen LogP) is 3.26. The van der Waals surface area contributed by atoms with Crippen LogP contribution in [0.5, 0.6) is 0 Å². The van der Waals surface area contributed by atoms with E-state index in [0.29, 0.717) is 15.6 Å². The van der Waals surface area contributed by atoms with Crippen molar-refractivity contribution in [2.45, 2.75) is 0 Å². The molecule has 0 spiro atoms. The molecule has 0 fully saturated rings. The van der Waals surface area contributed by atoms with Crippen LogP contribution in [0.4, 0.5) is 5.00 Å². The summed E-state index contributed by atoms with van der Waals surface area (Å²) in [5, 5.41) is 9.90. The van der Waals surface area contributed by atoms with Gasteiger partial charge in [0, 0.05) is 14.1 Å². The van der Waals surface area contributed by atoms with Gasteiger partial charge in [0.15, 0.2) is 0 Å². The zero-order valence-corrected chi connectivity index (χ0v) is 10.7. The van der Waals surface area contributed by atoms with Gasteiger partial charge in [-0.1, -0.05) is 11.6 Å². The fourth-order valence-electron chi connectivity index (χ4n) is 0.729. The zero-order valence-electron chi connectivity index (χ0n) is 7.58. The summed E-state index contributed by atoms with van der Waals surface area (Å²) in [6.07, 6.45) is 1.63. The van der Waals surface area contributed by atoms with E-state index in [4.69, 9.17) is 16.9 Å². The Balaban J connectivity index is 3.11. The average Bonchev–Trinajstić information content (AvgIpc) is 2.39. The Morgan fingerprint density at radius 2 is 2.29 bits per heavy atom. The van der Waals surface area contributed by atoms with E-state index in [1.807, 2.05) is 20.2 Å². The molecule has 0 bridgehead atoms. The Morgan fingerprint density at radius 3 is 2.79 bits per heavy atom. The zero-order chi connectivity index (χ0) is 10.7. The van der Waals surface area contributed by atoms with Crippen molar-refractivity contribution >= 4 is 50.2 Å². The Hall–Kier alpha value is -0.570. The van der Waals surface area contributed by atoms with Gasteiger partial charge in [-0.3, -0.25) is 0 Å². The third-order valence-electron chi connectivity index (χ3n) is 1.31. The number of halogens is 2. The molecule has 0 aliphatic heterocycles. The lowest BCUT2D eigenvalue weighted by Crippen LogP contribution is -2.06. The van der Waals surface area contributed by atoms with Crippen LogP contribution >= 0.6 is 38.9 Å². The van der Waals surface area contributed by atoms with Crippen molar-refractivity contribution in [3.63, 3.8) is 0 Å². The summed E-state index contributed by atoms with van der Waals surface area (Å²) in [5.41, 5.74) is 0.418. The maximum absolute atomic E-state index is 8.84. The van der Waals surface area contributed by atoms with Gasteiger partial charge in [-0.15, -0.1) is 11.3 Å². The van der Waals surface area contributed by atoms with Crippen LogP contribution in [0.1, 0.15) is 5.56 Å². The van der Waals surface area contributed by atoms with Crippen LogP contribution < -0.4 is 0 Å². The number of rotatable bonds is 2. The van der Waals surface area contributed by atoms with E-state index in [0.717, 1.165) is 3.79 Å². The molecule has 1 aromatic rings. The molecule has 0 atom stereocenters. The topological polar surface area (TPSA) is 39.4 Å². The van der Waals surface area contributed by atoms with E-state index in [9.17, 15) is 0 Å². The molecule has 1 rings (SSSR count). The fraction of sp³-hybridized carbons (Fsp3) is 0.250. The predicted molar refractivity (Wildman–Crippen MR) is 63.6 cm³/mol. The molecule has 74 valence electrons. The van der Waals surface area contributed by atoms with Gasteiger partial charge in [0.25, 0.3) is 0 Å². The van der Waals surface area contributed by atoms with Crippen molar-refractivity contribution in [1.29, 1.82) is 5.26 Å². The molecular weight excluding hydrogens is 286 g/mol. The van der Waals surface area contributed by atoms with Crippen LogP contribution in [-0.4, -0.2) is 25.3 Å². The lowest BCUT2D eigenvalue weighted by Gasteiger charge is -2.00. The molecule has 1 aromatic heterocycles. The summed E-state index contributed by atoms with van der Waals surface area (Å²) < 4.78 is 0.738. The lowest BCUT2D eigenvalue weighted by atomic mass is 10.3. The molecular formula is C8H7BrClN3S. The first-order chi connectivity index (χ1) is 6.56. The van der Waals surface area contributed by atoms with Crippen molar-refractivity contribution in [3.8, 4) is 6.07 Å². The van der Waals surface area contributed by atoms with E-state index in [-0.39, 0.29) is 0 Å². The third-order valence-corrected chi connectivity index (χ3v) is 3.80. The third kappa shape index (κ3) is 2.47. The molecule has 1 heterocycles. The van der Waals surface area contributed by atoms with E-state index in [2.05, 4.69) is 20.9 Å². The monoisotopic (exact) mass is 291 g/mol. The Labute approximate surface area is 99.8 Å². The van der Waals surface area contributed by atoms with Crippen LogP contribution in [0.3, 0.4) is 0 Å². The molecule has 0 aromatic carbocycles. The maximum atomic E-state index is 8.84. The van der Waals surface area contributed by atoms with Crippen molar-refractivity contribution in [2.75, 3.05) is 14.1 Å². The van der Waals surface area contributed by atoms with Crippen LogP contribution in [0, 0.1) is 11.3 Å². The first kappa shape index (κ1) is 11.5. The molecule has 3 nitrogen and oxygen atoms in total. The first-order valence-corrected chi connectivity index (χ1v) is 5.63. The fourth-order valence-corrected chi connectivity index (χ4v) is 2.40. The lowest BCUT2D eigenvalue weighted by molar-refractivity contribution is 0.643. The Kier molecular flexibility index (Phi) is 3.93. The van der Waals surface area contributed by atoms with Crippen LogP contribution in [0.2, 0.25) is 5.02 Å². The minimum absolute atomic E-state index is 0.418. The smallest absolute Gasteiger partial charge is 0.138 e. The van der Waals surface area contributed by atoms with Gasteiger partial charge >= 0.3 is 0 Å². The number of thiophene rings is 1. The molecule has 0 saturated carbocycles. The maximum Gasteiger partial charge on any atom is 0.138 e. The quantitative estimate of drug-likeness (QED) is 0.620. The molecule has 0 aliphatic carbocycles. The molecule has 0 radical (unpaired) electrons. The second-order valence-corrected chi connectivity index (χ2v) is 5.38. The number of aliphatic imine (C=N–C) groups is 1. The van der Waals surface area contributed by atoms with Crippen molar-refractivity contribution in [2.24, 2.45) is 4.99 Å². The number of nitriles is 1. The molecule has 0 N–H and O–H groups in total. The highest BCUT2D eigenvalue weighted by Gasteiger charge is 2.13. The summed E-state index contributed by atoms with van der Waals surface area (Å²) in [6, 6.07) is 2.02. The molecule has 0 unspecified atom stereocenters. The summed E-state index contributed by atoms with van der Waals surface area (Å²) >= 11 is 10.5. The van der Waals surface area contributed by atoms with Crippen LogP contribution in [0.15, 0.2) is 8.78 Å². The summed E-state index contributed by atoms with van der Waals surface area (Å²) in [5.74, 6) is 0. The van der Waals surface area contributed by atoms with Crippen molar-refractivity contribution < 1.29 is 0 Å². The standard InChI is InChI=1S/C8H7BrClN3S/c1-13(2)4-12-8-5(3-11)6(10)7(9)14-8/h4H,1-2H3/b12-4+. The van der Waals surface area contributed by atoms with Gasteiger partial charge in [-0.25, -0.2) is 4.99 Å². The number of hydrogen-bond donors (Lipinski definition) is 0. The molecule has 0 amide bonds. The normalized spacial score (nSPS) is 10.5. The summed E-state index contributed by atoms with van der Waals surface area (Å²) in [4.78, 5) is 5.94. The highest BCUT2D eigenvalue weighted by Crippen LogP contribution is 2.41. The van der Waals surface area contributed by atoms with Crippen LogP contribution in [-0.2, 0) is 0 Å². The molecule has 6 heteroatoms. The number of hydrogen-bond acceptors (Lipinski definition) is 3. The van der Waals surface area contributed by atoms with E-state index in [1.165, 1.54) is 11.3 Å². The van der Waals surface area contributed by atoms with Gasteiger partial charge in [0.05, 0.1) is 15.1 Å². The average molecular weight is 293 g/mol. The van der Waals surface area contributed by atoms with Gasteiger partial charge in [-0.05, 0) is 15.9 Å². The highest BCUT2D eigenvalue weighted by atomic mass is 79.9. The molecule has 0 aliphatic rings. The van der Waals surface area contributed by atoms with E-state index in [1.54, 1.807) is 11.2 Å². The first-order valence-electron chi connectivity index (χ1n) is 3.64. The Morgan fingerprint density at radius 1 is 1.64 bits per heavy atom. The van der Waals surface area contributed by atoms with E-state index >= 15 is 0 Å². The Bertz CT molecular complexity index is 405. The SMILES string of the molecule is CN(C)/C=N/c1sc(Br)c(Cl)c1C#N. The van der Waals surface area contributed by atoms with Gasteiger partial charge < -0.3 is 4.90 Å². The van der Waals surface area contributed by atoms with E-state index < -0.39 is 0 Å². The second kappa shape index (κ2) is 4.78. The van der Waals surface area contributed by atoms with Crippen molar-refractivity contribution in [3.05, 3.63) is 14.4 Å². The van der Waals surface area contributed by atoms with Crippen molar-refractivity contribution in [1.82, 2.24) is 4.90 Å². The minimum Gasteiger partial charge on any atom is -0.369 e.